The summed E-state index contributed by atoms with van der Waals surface area (Å²) in [5.74, 6) is -0.00940. The van der Waals surface area contributed by atoms with Gasteiger partial charge in [0, 0.05) is 26.3 Å². The monoisotopic (exact) mass is 322 g/mol. The van der Waals surface area contributed by atoms with Crippen LogP contribution in [-0.2, 0) is 13.6 Å². The SMILES string of the molecule is Cc1cc(C(=O)N(C)Cc2ccccc2C)c2c(C)nn(C)c2n1. The molecule has 3 aromatic rings. The highest BCUT2D eigenvalue weighted by Gasteiger charge is 2.20. The van der Waals surface area contributed by atoms with Gasteiger partial charge in [0.05, 0.1) is 16.6 Å². The van der Waals surface area contributed by atoms with Crippen LogP contribution < -0.4 is 0 Å². The molecule has 0 N–H and O–H groups in total. The van der Waals surface area contributed by atoms with Gasteiger partial charge in [-0.05, 0) is 38.0 Å². The fourth-order valence-corrected chi connectivity index (χ4v) is 3.06. The van der Waals surface area contributed by atoms with E-state index in [0.29, 0.717) is 12.1 Å². The Hall–Kier alpha value is -2.69. The summed E-state index contributed by atoms with van der Waals surface area (Å²) in [7, 11) is 3.69. The number of hydrogen-bond donors (Lipinski definition) is 0. The molecular formula is C19H22N4O. The lowest BCUT2D eigenvalue weighted by Gasteiger charge is -2.19. The average Bonchev–Trinajstić information content (AvgIpc) is 2.82. The quantitative estimate of drug-likeness (QED) is 0.744. The molecule has 0 unspecified atom stereocenters. The summed E-state index contributed by atoms with van der Waals surface area (Å²) in [6.45, 7) is 6.46. The summed E-state index contributed by atoms with van der Waals surface area (Å²) in [6.07, 6.45) is 0. The minimum absolute atomic E-state index is 0.00940. The van der Waals surface area contributed by atoms with Crippen molar-refractivity contribution in [2.45, 2.75) is 27.3 Å². The molecule has 24 heavy (non-hydrogen) atoms. The van der Waals surface area contributed by atoms with Crippen LogP contribution in [0.15, 0.2) is 30.3 Å². The predicted octanol–water partition coefficient (Wildman–Crippen LogP) is 3.17. The van der Waals surface area contributed by atoms with Gasteiger partial charge in [-0.25, -0.2) is 4.98 Å². The number of nitrogens with zero attached hydrogens (tertiary/aromatic N) is 4. The first-order valence-corrected chi connectivity index (χ1v) is 7.99. The normalized spacial score (nSPS) is 11.0. The summed E-state index contributed by atoms with van der Waals surface area (Å²) < 4.78 is 1.73. The number of amides is 1. The number of aryl methyl sites for hydroxylation is 4. The first-order valence-electron chi connectivity index (χ1n) is 7.99. The number of carbonyl (C=O) groups excluding carboxylic acids is 1. The van der Waals surface area contributed by atoms with Crippen molar-refractivity contribution in [1.82, 2.24) is 19.7 Å². The van der Waals surface area contributed by atoms with E-state index in [1.807, 2.05) is 46.1 Å². The van der Waals surface area contributed by atoms with Crippen LogP contribution in [0.4, 0.5) is 0 Å². The number of pyridine rings is 1. The minimum atomic E-state index is -0.00940. The highest BCUT2D eigenvalue weighted by atomic mass is 16.2. The summed E-state index contributed by atoms with van der Waals surface area (Å²) in [5, 5.41) is 5.25. The van der Waals surface area contributed by atoms with Gasteiger partial charge in [-0.2, -0.15) is 5.10 Å². The third-order valence-electron chi connectivity index (χ3n) is 4.34. The van der Waals surface area contributed by atoms with Crippen LogP contribution in [0.1, 0.15) is 32.9 Å². The maximum Gasteiger partial charge on any atom is 0.254 e. The van der Waals surface area contributed by atoms with E-state index in [1.165, 1.54) is 5.56 Å². The topological polar surface area (TPSA) is 51.0 Å². The number of hydrogen-bond acceptors (Lipinski definition) is 3. The molecule has 1 amide bonds. The molecule has 0 fully saturated rings. The van der Waals surface area contributed by atoms with Gasteiger partial charge in [-0.3, -0.25) is 9.48 Å². The molecule has 0 spiro atoms. The van der Waals surface area contributed by atoms with Gasteiger partial charge >= 0.3 is 0 Å². The standard InChI is InChI=1S/C19H22N4O/c1-12-8-6-7-9-15(12)11-22(4)19(24)16-10-13(2)20-18-17(16)14(3)21-23(18)5/h6-10H,11H2,1-5H3. The van der Waals surface area contributed by atoms with E-state index in [1.54, 1.807) is 9.58 Å². The van der Waals surface area contributed by atoms with E-state index in [2.05, 4.69) is 29.1 Å². The maximum atomic E-state index is 13.0. The van der Waals surface area contributed by atoms with E-state index >= 15 is 0 Å². The van der Waals surface area contributed by atoms with Gasteiger partial charge in [-0.1, -0.05) is 24.3 Å². The molecule has 124 valence electrons. The smallest absolute Gasteiger partial charge is 0.254 e. The summed E-state index contributed by atoms with van der Waals surface area (Å²) >= 11 is 0. The van der Waals surface area contributed by atoms with Crippen LogP contribution >= 0.6 is 0 Å². The summed E-state index contributed by atoms with van der Waals surface area (Å²) in [4.78, 5) is 19.3. The van der Waals surface area contributed by atoms with Gasteiger partial charge in [0.25, 0.3) is 5.91 Å². The molecule has 5 heteroatoms. The molecule has 5 nitrogen and oxygen atoms in total. The molecule has 0 saturated heterocycles. The Bertz CT molecular complexity index is 927. The highest BCUT2D eigenvalue weighted by molar-refractivity contribution is 6.06. The van der Waals surface area contributed by atoms with E-state index in [-0.39, 0.29) is 5.91 Å². The Morgan fingerprint density at radius 3 is 2.62 bits per heavy atom. The number of benzene rings is 1. The largest absolute Gasteiger partial charge is 0.337 e. The van der Waals surface area contributed by atoms with E-state index in [0.717, 1.165) is 28.0 Å². The van der Waals surface area contributed by atoms with Crippen LogP contribution in [0.5, 0.6) is 0 Å². The van der Waals surface area contributed by atoms with Crippen molar-refractivity contribution in [1.29, 1.82) is 0 Å². The second-order valence-corrected chi connectivity index (χ2v) is 6.31. The number of fused-ring (bicyclic) bond motifs is 1. The zero-order chi connectivity index (χ0) is 17.4. The van der Waals surface area contributed by atoms with Gasteiger partial charge < -0.3 is 4.90 Å². The van der Waals surface area contributed by atoms with Crippen molar-refractivity contribution >= 4 is 16.9 Å². The van der Waals surface area contributed by atoms with Crippen molar-refractivity contribution in [2.75, 3.05) is 7.05 Å². The molecule has 0 radical (unpaired) electrons. The Labute approximate surface area is 141 Å². The molecule has 0 aliphatic carbocycles. The zero-order valence-electron chi connectivity index (χ0n) is 14.8. The van der Waals surface area contributed by atoms with Crippen LogP contribution in [0.2, 0.25) is 0 Å². The molecule has 3 rings (SSSR count). The molecule has 0 bridgehead atoms. The molecule has 0 atom stereocenters. The molecule has 2 aromatic heterocycles. The molecule has 1 aromatic carbocycles. The highest BCUT2D eigenvalue weighted by Crippen LogP contribution is 2.23. The minimum Gasteiger partial charge on any atom is -0.337 e. The third-order valence-corrected chi connectivity index (χ3v) is 4.34. The van der Waals surface area contributed by atoms with Gasteiger partial charge in [0.2, 0.25) is 0 Å². The van der Waals surface area contributed by atoms with E-state index in [4.69, 9.17) is 0 Å². The molecule has 2 heterocycles. The van der Waals surface area contributed by atoms with Crippen molar-refractivity contribution in [3.63, 3.8) is 0 Å². The molecule has 0 aliphatic heterocycles. The van der Waals surface area contributed by atoms with Crippen molar-refractivity contribution in [2.24, 2.45) is 7.05 Å². The second kappa shape index (κ2) is 6.07. The summed E-state index contributed by atoms with van der Waals surface area (Å²) in [5.41, 5.74) is 5.40. The fraction of sp³-hybridized carbons (Fsp3) is 0.316. The number of carbonyl (C=O) groups is 1. The lowest BCUT2D eigenvalue weighted by molar-refractivity contribution is 0.0786. The molecular weight excluding hydrogens is 300 g/mol. The zero-order valence-corrected chi connectivity index (χ0v) is 14.8. The van der Waals surface area contributed by atoms with Gasteiger partial charge in [0.15, 0.2) is 5.65 Å². The third kappa shape index (κ3) is 2.77. The van der Waals surface area contributed by atoms with Crippen LogP contribution in [0.25, 0.3) is 11.0 Å². The Morgan fingerprint density at radius 1 is 1.21 bits per heavy atom. The Balaban J connectivity index is 2.01. The van der Waals surface area contributed by atoms with E-state index < -0.39 is 0 Å². The lowest BCUT2D eigenvalue weighted by atomic mass is 10.1. The van der Waals surface area contributed by atoms with Crippen molar-refractivity contribution < 1.29 is 4.79 Å². The Kier molecular flexibility index (Phi) is 4.09. The van der Waals surface area contributed by atoms with Crippen LogP contribution in [0.3, 0.4) is 0 Å². The first-order chi connectivity index (χ1) is 11.4. The van der Waals surface area contributed by atoms with Crippen molar-refractivity contribution in [3.8, 4) is 0 Å². The van der Waals surface area contributed by atoms with Gasteiger partial charge in [-0.15, -0.1) is 0 Å². The second-order valence-electron chi connectivity index (χ2n) is 6.31. The van der Waals surface area contributed by atoms with Crippen LogP contribution in [0, 0.1) is 20.8 Å². The average molecular weight is 322 g/mol. The fourth-order valence-electron chi connectivity index (χ4n) is 3.06. The Morgan fingerprint density at radius 2 is 1.92 bits per heavy atom. The predicted molar refractivity (Wildman–Crippen MR) is 95.0 cm³/mol. The van der Waals surface area contributed by atoms with Crippen molar-refractivity contribution in [3.05, 3.63) is 58.4 Å². The van der Waals surface area contributed by atoms with Crippen LogP contribution in [-0.4, -0.2) is 32.6 Å². The van der Waals surface area contributed by atoms with E-state index in [9.17, 15) is 4.79 Å². The molecule has 0 aliphatic rings. The molecule has 0 saturated carbocycles. The summed E-state index contributed by atoms with van der Waals surface area (Å²) in [6, 6.07) is 9.99. The van der Waals surface area contributed by atoms with Gasteiger partial charge in [0.1, 0.15) is 0 Å². The lowest BCUT2D eigenvalue weighted by Crippen LogP contribution is -2.27. The first kappa shape index (κ1) is 16.2. The number of aromatic nitrogens is 3. The maximum absolute atomic E-state index is 13.0. The number of rotatable bonds is 3.